The minimum Gasteiger partial charge on any atom is -0.497 e. The summed E-state index contributed by atoms with van der Waals surface area (Å²) in [4.78, 5) is 15.0. The Morgan fingerprint density at radius 1 is 1.16 bits per heavy atom. The minimum absolute atomic E-state index is 0.202. The van der Waals surface area contributed by atoms with Gasteiger partial charge in [-0.3, -0.25) is 9.69 Å². The van der Waals surface area contributed by atoms with E-state index >= 15 is 0 Å². The molecule has 0 spiro atoms. The molecular formula is C24H27N3O4. The van der Waals surface area contributed by atoms with Crippen molar-refractivity contribution in [1.82, 2.24) is 10.1 Å². The molecule has 1 N–H and O–H groups in total. The first-order valence-electron chi connectivity index (χ1n) is 10.4. The molecule has 1 saturated heterocycles. The van der Waals surface area contributed by atoms with Gasteiger partial charge in [0.2, 0.25) is 5.76 Å². The largest absolute Gasteiger partial charge is 0.497 e. The number of nitrogens with one attached hydrogen (secondary N) is 1. The Morgan fingerprint density at radius 3 is 2.74 bits per heavy atom. The van der Waals surface area contributed by atoms with Crippen LogP contribution >= 0.6 is 0 Å². The maximum atomic E-state index is 12.6. The van der Waals surface area contributed by atoms with Crippen molar-refractivity contribution in [2.75, 3.05) is 32.6 Å². The van der Waals surface area contributed by atoms with E-state index in [4.69, 9.17) is 14.0 Å². The Bertz CT molecular complexity index is 1020. The van der Waals surface area contributed by atoms with E-state index in [-0.39, 0.29) is 17.6 Å². The van der Waals surface area contributed by atoms with Crippen molar-refractivity contribution in [3.8, 4) is 11.5 Å². The highest BCUT2D eigenvalue weighted by Gasteiger charge is 2.25. The third-order valence-electron chi connectivity index (χ3n) is 5.60. The second-order valence-electron chi connectivity index (χ2n) is 7.69. The monoisotopic (exact) mass is 421 g/mol. The number of nitrogens with zero attached hydrogens (tertiary/aromatic N) is 2. The highest BCUT2D eigenvalue weighted by Crippen LogP contribution is 2.29. The molecule has 0 aliphatic carbocycles. The number of carbonyl (C=O) groups excluding carboxylic acids is 1. The SMILES string of the molecule is COc1ccc(CN2CCCC(c3cc(C(=O)Nc4ccccc4OC)on3)C2)cc1. The second kappa shape index (κ2) is 9.66. The number of piperidine rings is 1. The number of hydrogen-bond acceptors (Lipinski definition) is 6. The zero-order valence-electron chi connectivity index (χ0n) is 17.8. The van der Waals surface area contributed by atoms with Gasteiger partial charge in [0.25, 0.3) is 5.91 Å². The van der Waals surface area contributed by atoms with Gasteiger partial charge in [-0.25, -0.2) is 0 Å². The van der Waals surface area contributed by atoms with Gasteiger partial charge in [-0.05, 0) is 49.2 Å². The predicted molar refractivity (Wildman–Crippen MR) is 118 cm³/mol. The van der Waals surface area contributed by atoms with Gasteiger partial charge in [0.1, 0.15) is 11.5 Å². The number of amides is 1. The number of ether oxygens (including phenoxy) is 2. The summed E-state index contributed by atoms with van der Waals surface area (Å²) >= 11 is 0. The lowest BCUT2D eigenvalue weighted by molar-refractivity contribution is 0.0987. The lowest BCUT2D eigenvalue weighted by Gasteiger charge is -2.31. The van der Waals surface area contributed by atoms with Crippen LogP contribution in [0.4, 0.5) is 5.69 Å². The fourth-order valence-electron chi connectivity index (χ4n) is 3.95. The predicted octanol–water partition coefficient (Wildman–Crippen LogP) is 4.32. The van der Waals surface area contributed by atoms with Crippen LogP contribution in [0, 0.1) is 0 Å². The van der Waals surface area contributed by atoms with E-state index in [1.807, 2.05) is 24.3 Å². The van der Waals surface area contributed by atoms with E-state index in [1.165, 1.54) is 5.56 Å². The van der Waals surface area contributed by atoms with Gasteiger partial charge < -0.3 is 19.3 Å². The van der Waals surface area contributed by atoms with Crippen molar-refractivity contribution < 1.29 is 18.8 Å². The van der Waals surface area contributed by atoms with Gasteiger partial charge in [0, 0.05) is 25.1 Å². The van der Waals surface area contributed by atoms with Crippen LogP contribution in [-0.2, 0) is 6.54 Å². The average Bonchev–Trinajstić information content (AvgIpc) is 3.31. The highest BCUT2D eigenvalue weighted by molar-refractivity contribution is 6.03. The van der Waals surface area contributed by atoms with Gasteiger partial charge in [-0.15, -0.1) is 0 Å². The van der Waals surface area contributed by atoms with Gasteiger partial charge in [0.15, 0.2) is 0 Å². The van der Waals surface area contributed by atoms with Crippen LogP contribution in [0.25, 0.3) is 0 Å². The first kappa shape index (κ1) is 20.9. The Labute approximate surface area is 181 Å². The van der Waals surface area contributed by atoms with Crippen LogP contribution in [0.3, 0.4) is 0 Å². The summed E-state index contributed by atoms with van der Waals surface area (Å²) in [6.45, 7) is 2.80. The highest BCUT2D eigenvalue weighted by atomic mass is 16.5. The van der Waals surface area contributed by atoms with E-state index in [0.29, 0.717) is 11.4 Å². The summed E-state index contributed by atoms with van der Waals surface area (Å²) in [5, 5.41) is 7.03. The van der Waals surface area contributed by atoms with Crippen molar-refractivity contribution >= 4 is 11.6 Å². The van der Waals surface area contributed by atoms with Gasteiger partial charge in [-0.2, -0.15) is 0 Å². The summed E-state index contributed by atoms with van der Waals surface area (Å²) in [6.07, 6.45) is 2.11. The van der Waals surface area contributed by atoms with E-state index in [9.17, 15) is 4.79 Å². The molecule has 1 unspecified atom stereocenters. The molecule has 4 rings (SSSR count). The molecule has 1 aliphatic heterocycles. The van der Waals surface area contributed by atoms with E-state index in [1.54, 1.807) is 32.4 Å². The summed E-state index contributed by atoms with van der Waals surface area (Å²) in [5.41, 5.74) is 2.67. The zero-order chi connectivity index (χ0) is 21.6. The van der Waals surface area contributed by atoms with Crippen LogP contribution in [-0.4, -0.2) is 43.3 Å². The van der Waals surface area contributed by atoms with Crippen LogP contribution in [0.2, 0.25) is 0 Å². The van der Waals surface area contributed by atoms with Crippen LogP contribution in [0.1, 0.15) is 40.6 Å². The van der Waals surface area contributed by atoms with E-state index in [0.717, 1.165) is 43.9 Å². The molecule has 1 atom stereocenters. The number of aromatic nitrogens is 1. The average molecular weight is 421 g/mol. The Morgan fingerprint density at radius 2 is 1.97 bits per heavy atom. The molecule has 2 heterocycles. The minimum atomic E-state index is -0.339. The normalized spacial score (nSPS) is 16.6. The van der Waals surface area contributed by atoms with Gasteiger partial charge in [-0.1, -0.05) is 29.4 Å². The first-order valence-corrected chi connectivity index (χ1v) is 10.4. The molecule has 1 amide bonds. The van der Waals surface area contributed by atoms with Crippen LogP contribution in [0.5, 0.6) is 11.5 Å². The molecule has 162 valence electrons. The Balaban J connectivity index is 1.39. The Hall–Kier alpha value is -3.32. The van der Waals surface area contributed by atoms with Gasteiger partial charge in [0.05, 0.1) is 25.6 Å². The molecule has 7 heteroatoms. The molecule has 0 radical (unpaired) electrons. The van der Waals surface area contributed by atoms with Crippen LogP contribution < -0.4 is 14.8 Å². The maximum Gasteiger partial charge on any atom is 0.294 e. The fraction of sp³-hybridized carbons (Fsp3) is 0.333. The number of rotatable bonds is 7. The second-order valence-corrected chi connectivity index (χ2v) is 7.69. The number of para-hydroxylation sites is 2. The number of benzene rings is 2. The quantitative estimate of drug-likeness (QED) is 0.612. The molecule has 0 saturated carbocycles. The maximum absolute atomic E-state index is 12.6. The van der Waals surface area contributed by atoms with Crippen molar-refractivity contribution in [2.45, 2.75) is 25.3 Å². The molecule has 3 aromatic rings. The van der Waals surface area contributed by atoms with E-state index < -0.39 is 0 Å². The molecule has 0 bridgehead atoms. The number of hydrogen-bond donors (Lipinski definition) is 1. The molecule has 31 heavy (non-hydrogen) atoms. The zero-order valence-corrected chi connectivity index (χ0v) is 17.8. The lowest BCUT2D eigenvalue weighted by atomic mass is 9.94. The smallest absolute Gasteiger partial charge is 0.294 e. The summed E-state index contributed by atoms with van der Waals surface area (Å²) < 4.78 is 15.9. The third kappa shape index (κ3) is 5.06. The standard InChI is InChI=1S/C24H27N3O4/c1-29-19-11-9-17(10-12-19)15-27-13-5-6-18(16-27)21-14-23(31-26-21)24(28)25-20-7-3-4-8-22(20)30-2/h3-4,7-12,14,18H,5-6,13,15-16H2,1-2H3,(H,25,28). The number of likely N-dealkylation sites (tertiary alicyclic amines) is 1. The van der Waals surface area contributed by atoms with Crippen LogP contribution in [0.15, 0.2) is 59.1 Å². The Kier molecular flexibility index (Phi) is 6.52. The van der Waals surface area contributed by atoms with Crippen molar-refractivity contribution in [3.63, 3.8) is 0 Å². The molecule has 2 aromatic carbocycles. The lowest BCUT2D eigenvalue weighted by Crippen LogP contribution is -2.34. The summed E-state index contributed by atoms with van der Waals surface area (Å²) in [5.74, 6) is 1.56. The molecular weight excluding hydrogens is 394 g/mol. The third-order valence-corrected chi connectivity index (χ3v) is 5.60. The molecule has 1 aromatic heterocycles. The van der Waals surface area contributed by atoms with E-state index in [2.05, 4.69) is 27.5 Å². The first-order chi connectivity index (χ1) is 15.2. The number of carbonyl (C=O) groups is 1. The topological polar surface area (TPSA) is 76.8 Å². The summed E-state index contributed by atoms with van der Waals surface area (Å²) in [6, 6.07) is 17.2. The summed E-state index contributed by atoms with van der Waals surface area (Å²) in [7, 11) is 3.24. The molecule has 7 nitrogen and oxygen atoms in total. The van der Waals surface area contributed by atoms with Crippen molar-refractivity contribution in [1.29, 1.82) is 0 Å². The van der Waals surface area contributed by atoms with Gasteiger partial charge >= 0.3 is 0 Å². The van der Waals surface area contributed by atoms with Crippen molar-refractivity contribution in [3.05, 3.63) is 71.6 Å². The number of anilines is 1. The number of methoxy groups -OCH3 is 2. The molecule has 1 aliphatic rings. The van der Waals surface area contributed by atoms with Crippen molar-refractivity contribution in [2.24, 2.45) is 0 Å². The fourth-order valence-corrected chi connectivity index (χ4v) is 3.95. The molecule has 1 fully saturated rings.